The number of hydrogen-bond acceptors (Lipinski definition) is 0. The van der Waals surface area contributed by atoms with Crippen molar-refractivity contribution in [2.75, 3.05) is 0 Å². The van der Waals surface area contributed by atoms with Crippen LogP contribution in [-0.4, -0.2) is 0 Å². The first-order valence-corrected chi connectivity index (χ1v) is 13.4. The zero-order valence-electron chi connectivity index (χ0n) is 21.6. The number of benzene rings is 8. The van der Waals surface area contributed by atoms with Crippen LogP contribution >= 0.6 is 0 Å². The predicted molar refractivity (Wildman–Crippen MR) is 161 cm³/mol. The van der Waals surface area contributed by atoms with Crippen molar-refractivity contribution in [2.24, 2.45) is 0 Å². The van der Waals surface area contributed by atoms with E-state index >= 15 is 0 Å². The highest BCUT2D eigenvalue weighted by molar-refractivity contribution is 6.29. The number of fused-ring (bicyclic) bond motifs is 2. The van der Waals surface area contributed by atoms with Crippen molar-refractivity contribution in [1.82, 2.24) is 0 Å². The molecule has 0 unspecified atom stereocenters. The third kappa shape index (κ3) is 3.53. The molecule has 0 atom stereocenters. The molecule has 0 fully saturated rings. The van der Waals surface area contributed by atoms with Gasteiger partial charge in [0.2, 0.25) is 0 Å². The van der Waals surface area contributed by atoms with E-state index in [1.165, 1.54) is 45.8 Å². The Morgan fingerprint density at radius 3 is 1.73 bits per heavy atom. The third-order valence-corrected chi connectivity index (χ3v) is 8.28. The van der Waals surface area contributed by atoms with E-state index in [0.717, 1.165) is 50.2 Å². The molecule has 8 aromatic carbocycles. The molecule has 0 heterocycles. The number of hydrogen-bond donors (Lipinski definition) is 0. The largest absolute Gasteiger partial charge is 0.416 e. The molecule has 0 radical (unpaired) electrons. The van der Waals surface area contributed by atoms with Crippen LogP contribution in [0.3, 0.4) is 0 Å². The summed E-state index contributed by atoms with van der Waals surface area (Å²) in [5, 5.41) is 10.3. The minimum absolute atomic E-state index is 0.401. The lowest BCUT2D eigenvalue weighted by molar-refractivity contribution is -0.137. The highest BCUT2D eigenvalue weighted by atomic mass is 19.4. The Morgan fingerprint density at radius 1 is 0.439 bits per heavy atom. The van der Waals surface area contributed by atoms with Gasteiger partial charge in [-0.2, -0.15) is 13.2 Å². The molecule has 0 aromatic heterocycles. The number of rotatable bonds is 2. The van der Waals surface area contributed by atoms with Gasteiger partial charge in [0.05, 0.1) is 5.56 Å². The quantitative estimate of drug-likeness (QED) is 0.116. The Bertz CT molecular complexity index is 2280. The molecule has 8 rings (SSSR count). The van der Waals surface area contributed by atoms with Crippen molar-refractivity contribution in [3.8, 4) is 22.3 Å². The van der Waals surface area contributed by atoms with E-state index in [0.29, 0.717) is 16.5 Å². The second-order valence-electron chi connectivity index (χ2n) is 10.5. The summed E-state index contributed by atoms with van der Waals surface area (Å²) in [5.41, 5.74) is 2.61. The van der Waals surface area contributed by atoms with Crippen molar-refractivity contribution in [3.05, 3.63) is 133 Å². The average molecular weight is 541 g/mol. The molecule has 41 heavy (non-hydrogen) atoms. The second kappa shape index (κ2) is 8.52. The number of halogens is 4. The first kappa shape index (κ1) is 23.9. The monoisotopic (exact) mass is 540 g/mol. The van der Waals surface area contributed by atoms with E-state index in [9.17, 15) is 17.6 Å². The summed E-state index contributed by atoms with van der Waals surface area (Å²) < 4.78 is 54.9. The number of alkyl halides is 3. The van der Waals surface area contributed by atoms with Crippen molar-refractivity contribution in [2.45, 2.75) is 6.18 Å². The van der Waals surface area contributed by atoms with Crippen LogP contribution in [0.5, 0.6) is 0 Å². The molecule has 8 aromatic rings. The topological polar surface area (TPSA) is 0 Å². The van der Waals surface area contributed by atoms with Gasteiger partial charge >= 0.3 is 6.18 Å². The van der Waals surface area contributed by atoms with E-state index in [2.05, 4.69) is 54.6 Å². The lowest BCUT2D eigenvalue weighted by Crippen LogP contribution is -2.04. The predicted octanol–water partition coefficient (Wildman–Crippen LogP) is 11.4. The molecule has 0 aliphatic carbocycles. The maximum atomic E-state index is 14.9. The van der Waals surface area contributed by atoms with Gasteiger partial charge in [-0.25, -0.2) is 4.39 Å². The summed E-state index contributed by atoms with van der Waals surface area (Å²) in [6.45, 7) is 0. The van der Waals surface area contributed by atoms with Crippen LogP contribution in [0.4, 0.5) is 17.6 Å². The van der Waals surface area contributed by atoms with Crippen LogP contribution in [0.25, 0.3) is 76.1 Å². The Morgan fingerprint density at radius 2 is 1.02 bits per heavy atom. The molecule has 0 aliphatic rings. The molecule has 0 spiro atoms. The van der Waals surface area contributed by atoms with Gasteiger partial charge in [0, 0.05) is 0 Å². The van der Waals surface area contributed by atoms with Gasteiger partial charge in [0.15, 0.2) is 0 Å². The van der Waals surface area contributed by atoms with E-state index in [1.54, 1.807) is 6.07 Å². The molecule has 0 nitrogen and oxygen atoms in total. The first-order chi connectivity index (χ1) is 19.9. The summed E-state index contributed by atoms with van der Waals surface area (Å²) in [7, 11) is 0. The van der Waals surface area contributed by atoms with Crippen LogP contribution in [0.15, 0.2) is 121 Å². The molecule has 0 N–H and O–H groups in total. The van der Waals surface area contributed by atoms with E-state index in [-0.39, 0.29) is 0 Å². The van der Waals surface area contributed by atoms with Crippen LogP contribution in [0.2, 0.25) is 0 Å². The van der Waals surface area contributed by atoms with Crippen LogP contribution in [0, 0.1) is 5.82 Å². The Labute approximate surface area is 232 Å². The molecular weight excluding hydrogens is 520 g/mol. The van der Waals surface area contributed by atoms with Gasteiger partial charge in [-0.3, -0.25) is 0 Å². The van der Waals surface area contributed by atoms with Gasteiger partial charge in [0.25, 0.3) is 0 Å². The van der Waals surface area contributed by atoms with Crippen molar-refractivity contribution in [1.29, 1.82) is 0 Å². The molecule has 0 saturated heterocycles. The van der Waals surface area contributed by atoms with Gasteiger partial charge in [-0.1, -0.05) is 97.1 Å². The molecule has 0 saturated carbocycles. The smallest absolute Gasteiger partial charge is 0.207 e. The Kier molecular flexibility index (Phi) is 4.96. The SMILES string of the molecule is Fc1ccc2c(-c3ccc4ccc5cccc6ccc3c4c56)c3ccccc3c(-c3ccc(C(F)(F)F)cc3)c2c1. The van der Waals surface area contributed by atoms with Crippen LogP contribution in [-0.2, 0) is 6.18 Å². The highest BCUT2D eigenvalue weighted by Gasteiger charge is 2.30. The average Bonchev–Trinajstić information content (AvgIpc) is 2.98. The summed E-state index contributed by atoms with van der Waals surface area (Å²) in [6, 6.07) is 36.9. The zero-order valence-corrected chi connectivity index (χ0v) is 21.6. The fourth-order valence-corrected chi connectivity index (χ4v) is 6.53. The maximum Gasteiger partial charge on any atom is 0.416 e. The lowest BCUT2D eigenvalue weighted by atomic mass is 9.83. The fraction of sp³-hybridized carbons (Fsp3) is 0.0270. The van der Waals surface area contributed by atoms with E-state index < -0.39 is 17.6 Å². The summed E-state index contributed by atoms with van der Waals surface area (Å²) in [6.07, 6.45) is -4.44. The van der Waals surface area contributed by atoms with Gasteiger partial charge in [-0.15, -0.1) is 0 Å². The summed E-state index contributed by atoms with van der Waals surface area (Å²) in [4.78, 5) is 0. The molecular formula is C37H20F4. The Balaban J connectivity index is 1.51. The summed E-state index contributed by atoms with van der Waals surface area (Å²) >= 11 is 0. The maximum absolute atomic E-state index is 14.9. The Hall–Kier alpha value is -4.96. The normalized spacial score (nSPS) is 12.4. The first-order valence-electron chi connectivity index (χ1n) is 13.4. The van der Waals surface area contributed by atoms with Crippen molar-refractivity contribution >= 4 is 53.9 Å². The minimum Gasteiger partial charge on any atom is -0.207 e. The molecule has 0 amide bonds. The van der Waals surface area contributed by atoms with Crippen molar-refractivity contribution in [3.63, 3.8) is 0 Å². The highest BCUT2D eigenvalue weighted by Crippen LogP contribution is 2.47. The second-order valence-corrected chi connectivity index (χ2v) is 10.5. The standard InChI is InChI=1S/C37H20F4/c38-26-16-19-31-32(20-26)34(23-10-14-25(15-11-23)37(39,40)41)27-6-1-2-7-28(27)36(31)30-18-13-24-9-8-21-4-3-5-22-12-17-29(30)35(24)33(21)22/h1-20H. The van der Waals surface area contributed by atoms with Gasteiger partial charge in [0.1, 0.15) is 5.82 Å². The molecule has 196 valence electrons. The van der Waals surface area contributed by atoms with E-state index in [4.69, 9.17) is 0 Å². The minimum atomic E-state index is -4.44. The van der Waals surface area contributed by atoms with Crippen LogP contribution < -0.4 is 0 Å². The van der Waals surface area contributed by atoms with Crippen LogP contribution in [0.1, 0.15) is 5.56 Å². The zero-order chi connectivity index (χ0) is 27.9. The fourth-order valence-electron chi connectivity index (χ4n) is 6.53. The van der Waals surface area contributed by atoms with Crippen molar-refractivity contribution < 1.29 is 17.6 Å². The van der Waals surface area contributed by atoms with Gasteiger partial charge < -0.3 is 0 Å². The summed E-state index contributed by atoms with van der Waals surface area (Å²) in [5.74, 6) is -0.401. The molecule has 0 aliphatic heterocycles. The van der Waals surface area contributed by atoms with E-state index in [1.807, 2.05) is 24.3 Å². The lowest BCUT2D eigenvalue weighted by Gasteiger charge is -2.20. The molecule has 4 heteroatoms. The third-order valence-electron chi connectivity index (χ3n) is 8.28. The van der Waals surface area contributed by atoms with Gasteiger partial charge in [-0.05, 0) is 100 Å². The molecule has 0 bridgehead atoms.